The number of rotatable bonds is 4. The molecule has 0 amide bonds. The second-order valence-corrected chi connectivity index (χ2v) is 6.78. The van der Waals surface area contributed by atoms with Crippen LogP contribution in [0, 0.1) is 11.8 Å². The highest BCUT2D eigenvalue weighted by Gasteiger charge is 2.33. The molecule has 2 unspecified atom stereocenters. The lowest BCUT2D eigenvalue weighted by Crippen LogP contribution is -2.48. The molecule has 2 aliphatic rings. The lowest BCUT2D eigenvalue weighted by molar-refractivity contribution is 0.214. The summed E-state index contributed by atoms with van der Waals surface area (Å²) in [5.41, 5.74) is 3.13. The van der Waals surface area contributed by atoms with Gasteiger partial charge in [0.15, 0.2) is 0 Å². The molecule has 1 saturated heterocycles. The van der Waals surface area contributed by atoms with E-state index in [9.17, 15) is 0 Å². The molecule has 0 aromatic carbocycles. The molecule has 1 heterocycles. The van der Waals surface area contributed by atoms with E-state index < -0.39 is 0 Å². The maximum absolute atomic E-state index is 5.79. The van der Waals surface area contributed by atoms with E-state index in [1.807, 2.05) is 0 Å². The van der Waals surface area contributed by atoms with E-state index in [2.05, 4.69) is 24.1 Å². The molecule has 94 valence electrons. The Morgan fingerprint density at radius 2 is 2.00 bits per heavy atom. The van der Waals surface area contributed by atoms with Crippen molar-refractivity contribution in [3.63, 3.8) is 0 Å². The Labute approximate surface area is 104 Å². The molecule has 0 bridgehead atoms. The van der Waals surface area contributed by atoms with Gasteiger partial charge in [0.2, 0.25) is 0 Å². The van der Waals surface area contributed by atoms with Crippen LogP contribution in [0.5, 0.6) is 0 Å². The molecular weight excluding hydrogens is 216 g/mol. The quantitative estimate of drug-likeness (QED) is 0.588. The lowest BCUT2D eigenvalue weighted by atomic mass is 9.76. The van der Waals surface area contributed by atoms with Crippen LogP contribution in [0.3, 0.4) is 0 Å². The Morgan fingerprint density at radius 3 is 2.50 bits per heavy atom. The standard InChI is InChI=1S/C13H26N2S/c1-2-10-5-7-11(8-6-10)13(15-14)12-4-3-9-16-12/h10-13,15H,2-9,14H2,1H3. The van der Waals surface area contributed by atoms with Gasteiger partial charge < -0.3 is 0 Å². The predicted molar refractivity (Wildman–Crippen MR) is 72.3 cm³/mol. The summed E-state index contributed by atoms with van der Waals surface area (Å²) in [6.45, 7) is 2.33. The highest BCUT2D eigenvalue weighted by molar-refractivity contribution is 8.00. The lowest BCUT2D eigenvalue weighted by Gasteiger charge is -2.35. The number of thioether (sulfide) groups is 1. The second-order valence-electron chi connectivity index (χ2n) is 5.43. The SMILES string of the molecule is CCC1CCC(C(NN)C2CCCS2)CC1. The van der Waals surface area contributed by atoms with Gasteiger partial charge in [0.05, 0.1) is 0 Å². The van der Waals surface area contributed by atoms with E-state index in [4.69, 9.17) is 5.84 Å². The van der Waals surface area contributed by atoms with Gasteiger partial charge in [0.25, 0.3) is 0 Å². The minimum Gasteiger partial charge on any atom is -0.271 e. The van der Waals surface area contributed by atoms with Crippen LogP contribution in [-0.2, 0) is 0 Å². The van der Waals surface area contributed by atoms with Crippen LogP contribution < -0.4 is 11.3 Å². The average molecular weight is 242 g/mol. The van der Waals surface area contributed by atoms with Crippen LogP contribution >= 0.6 is 11.8 Å². The van der Waals surface area contributed by atoms with Crippen molar-refractivity contribution in [2.45, 2.75) is 63.2 Å². The molecule has 1 saturated carbocycles. The summed E-state index contributed by atoms with van der Waals surface area (Å²) in [7, 11) is 0. The summed E-state index contributed by atoms with van der Waals surface area (Å²) in [6, 6.07) is 0.574. The van der Waals surface area contributed by atoms with Crippen molar-refractivity contribution in [1.82, 2.24) is 5.43 Å². The molecule has 1 aliphatic heterocycles. The molecule has 2 atom stereocenters. The van der Waals surface area contributed by atoms with E-state index >= 15 is 0 Å². The Kier molecular flexibility index (Phi) is 4.98. The molecule has 2 fully saturated rings. The van der Waals surface area contributed by atoms with Crippen molar-refractivity contribution in [1.29, 1.82) is 0 Å². The van der Waals surface area contributed by atoms with Gasteiger partial charge in [-0.05, 0) is 43.3 Å². The first kappa shape index (κ1) is 12.7. The van der Waals surface area contributed by atoms with Gasteiger partial charge in [-0.1, -0.05) is 26.2 Å². The highest BCUT2D eigenvalue weighted by atomic mass is 32.2. The molecule has 1 aliphatic carbocycles. The largest absolute Gasteiger partial charge is 0.271 e. The van der Waals surface area contributed by atoms with Crippen LogP contribution in [-0.4, -0.2) is 17.0 Å². The molecule has 3 heteroatoms. The van der Waals surface area contributed by atoms with Gasteiger partial charge in [-0.3, -0.25) is 11.3 Å². The van der Waals surface area contributed by atoms with E-state index in [0.29, 0.717) is 6.04 Å². The zero-order valence-electron chi connectivity index (χ0n) is 10.5. The minimum atomic E-state index is 0.574. The minimum absolute atomic E-state index is 0.574. The first-order valence-electron chi connectivity index (χ1n) is 6.92. The second kappa shape index (κ2) is 6.27. The number of hydrogen-bond donors (Lipinski definition) is 2. The number of nitrogens with two attached hydrogens (primary N) is 1. The fourth-order valence-electron chi connectivity index (χ4n) is 3.39. The van der Waals surface area contributed by atoms with Gasteiger partial charge >= 0.3 is 0 Å². The Bertz CT molecular complexity index is 196. The molecule has 0 aromatic heterocycles. The maximum atomic E-state index is 5.79. The predicted octanol–water partition coefficient (Wildman–Crippen LogP) is 2.93. The van der Waals surface area contributed by atoms with Gasteiger partial charge in [0, 0.05) is 11.3 Å². The molecular formula is C13H26N2S. The molecule has 3 N–H and O–H groups in total. The summed E-state index contributed by atoms with van der Waals surface area (Å²) >= 11 is 2.13. The van der Waals surface area contributed by atoms with Gasteiger partial charge in [-0.15, -0.1) is 0 Å². The van der Waals surface area contributed by atoms with Crippen molar-refractivity contribution >= 4 is 11.8 Å². The van der Waals surface area contributed by atoms with Crippen molar-refractivity contribution in [2.24, 2.45) is 17.7 Å². The third-order valence-electron chi connectivity index (χ3n) is 4.53. The molecule has 0 aromatic rings. The smallest absolute Gasteiger partial charge is 0.0357 e. The van der Waals surface area contributed by atoms with Crippen LogP contribution in [0.15, 0.2) is 0 Å². The Balaban J connectivity index is 1.85. The zero-order valence-corrected chi connectivity index (χ0v) is 11.3. The van der Waals surface area contributed by atoms with Gasteiger partial charge in [-0.25, -0.2) is 0 Å². The molecule has 0 spiro atoms. The Morgan fingerprint density at radius 1 is 1.25 bits per heavy atom. The third-order valence-corrected chi connectivity index (χ3v) is 6.02. The van der Waals surface area contributed by atoms with E-state index in [-0.39, 0.29) is 0 Å². The zero-order chi connectivity index (χ0) is 11.4. The van der Waals surface area contributed by atoms with Crippen LogP contribution in [0.25, 0.3) is 0 Å². The first-order chi connectivity index (χ1) is 7.85. The van der Waals surface area contributed by atoms with Gasteiger partial charge in [-0.2, -0.15) is 11.8 Å². The summed E-state index contributed by atoms with van der Waals surface area (Å²) in [4.78, 5) is 0. The van der Waals surface area contributed by atoms with E-state index in [0.717, 1.165) is 17.1 Å². The fraction of sp³-hybridized carbons (Fsp3) is 1.00. The number of nitrogens with one attached hydrogen (secondary N) is 1. The summed E-state index contributed by atoms with van der Waals surface area (Å²) in [6.07, 6.45) is 9.76. The van der Waals surface area contributed by atoms with Crippen molar-refractivity contribution in [3.8, 4) is 0 Å². The monoisotopic (exact) mass is 242 g/mol. The van der Waals surface area contributed by atoms with Crippen molar-refractivity contribution < 1.29 is 0 Å². The average Bonchev–Trinajstić information content (AvgIpc) is 2.85. The topological polar surface area (TPSA) is 38.0 Å². The van der Waals surface area contributed by atoms with Crippen LogP contribution in [0.1, 0.15) is 51.9 Å². The maximum Gasteiger partial charge on any atom is 0.0357 e. The highest BCUT2D eigenvalue weighted by Crippen LogP contribution is 2.38. The molecule has 2 nitrogen and oxygen atoms in total. The number of hydrogen-bond acceptors (Lipinski definition) is 3. The van der Waals surface area contributed by atoms with E-state index in [1.54, 1.807) is 0 Å². The van der Waals surface area contributed by atoms with Crippen LogP contribution in [0.4, 0.5) is 0 Å². The Hall–Kier alpha value is 0.270. The van der Waals surface area contributed by atoms with Gasteiger partial charge in [0.1, 0.15) is 0 Å². The molecule has 2 rings (SSSR count). The summed E-state index contributed by atoms with van der Waals surface area (Å²) in [5, 5.41) is 0.785. The normalized spacial score (nSPS) is 37.5. The summed E-state index contributed by atoms with van der Waals surface area (Å²) < 4.78 is 0. The molecule has 16 heavy (non-hydrogen) atoms. The van der Waals surface area contributed by atoms with Crippen molar-refractivity contribution in [2.75, 3.05) is 5.75 Å². The van der Waals surface area contributed by atoms with E-state index in [1.165, 1.54) is 50.7 Å². The van der Waals surface area contributed by atoms with Crippen molar-refractivity contribution in [3.05, 3.63) is 0 Å². The number of hydrazine groups is 1. The van der Waals surface area contributed by atoms with Crippen LogP contribution in [0.2, 0.25) is 0 Å². The third kappa shape index (κ3) is 2.93. The first-order valence-corrected chi connectivity index (χ1v) is 7.97. The molecule has 0 radical (unpaired) electrons. The fourth-order valence-corrected chi connectivity index (χ4v) is 4.87. The summed E-state index contributed by atoms with van der Waals surface area (Å²) in [5.74, 6) is 8.96.